The predicted octanol–water partition coefficient (Wildman–Crippen LogP) is 2.70. The van der Waals surface area contributed by atoms with Gasteiger partial charge in [-0.3, -0.25) is 4.79 Å². The molecule has 2 fully saturated rings. The smallest absolute Gasteiger partial charge is 0.226 e. The van der Waals surface area contributed by atoms with Crippen molar-refractivity contribution in [3.8, 4) is 0 Å². The summed E-state index contributed by atoms with van der Waals surface area (Å²) in [7, 11) is 0. The van der Waals surface area contributed by atoms with Crippen molar-refractivity contribution in [2.75, 3.05) is 13.1 Å². The number of benzene rings is 1. The van der Waals surface area contributed by atoms with E-state index in [4.69, 9.17) is 5.73 Å². The van der Waals surface area contributed by atoms with E-state index in [-0.39, 0.29) is 5.92 Å². The number of nitrogens with two attached hydrogens (primary N) is 1. The summed E-state index contributed by atoms with van der Waals surface area (Å²) < 4.78 is 0. The zero-order valence-electron chi connectivity index (χ0n) is 13.7. The molecular formula is C19H28N2O. The van der Waals surface area contributed by atoms with Gasteiger partial charge in [-0.05, 0) is 42.6 Å². The van der Waals surface area contributed by atoms with Crippen molar-refractivity contribution in [2.24, 2.45) is 29.4 Å². The van der Waals surface area contributed by atoms with Crippen LogP contribution in [-0.2, 0) is 11.2 Å². The molecule has 4 unspecified atom stereocenters. The van der Waals surface area contributed by atoms with Crippen molar-refractivity contribution < 1.29 is 4.79 Å². The van der Waals surface area contributed by atoms with E-state index < -0.39 is 0 Å². The second kappa shape index (κ2) is 6.41. The molecule has 2 aliphatic rings. The lowest BCUT2D eigenvalue weighted by Crippen LogP contribution is -2.39. The fraction of sp³-hybridized carbons (Fsp3) is 0.632. The number of carbonyl (C=O) groups excluding carboxylic acids is 1. The molecule has 0 radical (unpaired) electrons. The highest BCUT2D eigenvalue weighted by molar-refractivity contribution is 5.79. The standard InChI is InChI=1S/C19H28N2O/c1-13(2)16(10-14-6-4-3-5-7-14)19(22)21-11-15-8-9-18(20)17(15)12-21/h3-7,13,15-18H,8-12,20H2,1-2H3. The van der Waals surface area contributed by atoms with Crippen LogP contribution in [0.4, 0.5) is 0 Å². The van der Waals surface area contributed by atoms with Gasteiger partial charge in [0.05, 0.1) is 0 Å². The Balaban J connectivity index is 1.68. The summed E-state index contributed by atoms with van der Waals surface area (Å²) in [5.41, 5.74) is 7.46. The van der Waals surface area contributed by atoms with Crippen LogP contribution in [0.15, 0.2) is 30.3 Å². The van der Waals surface area contributed by atoms with Crippen molar-refractivity contribution in [3.05, 3.63) is 35.9 Å². The Morgan fingerprint density at radius 3 is 2.59 bits per heavy atom. The maximum absolute atomic E-state index is 13.0. The molecule has 1 amide bonds. The van der Waals surface area contributed by atoms with Crippen LogP contribution in [0, 0.1) is 23.7 Å². The van der Waals surface area contributed by atoms with E-state index in [1.807, 2.05) is 6.07 Å². The molecule has 1 saturated heterocycles. The van der Waals surface area contributed by atoms with Gasteiger partial charge in [0.15, 0.2) is 0 Å². The molecule has 22 heavy (non-hydrogen) atoms. The molecule has 120 valence electrons. The maximum Gasteiger partial charge on any atom is 0.226 e. The molecule has 1 heterocycles. The minimum Gasteiger partial charge on any atom is -0.342 e. The van der Waals surface area contributed by atoms with Gasteiger partial charge in [-0.2, -0.15) is 0 Å². The summed E-state index contributed by atoms with van der Waals surface area (Å²) in [6.45, 7) is 6.13. The van der Waals surface area contributed by atoms with E-state index in [1.165, 1.54) is 12.0 Å². The van der Waals surface area contributed by atoms with Crippen LogP contribution in [0.5, 0.6) is 0 Å². The molecule has 1 aliphatic heterocycles. The first-order valence-corrected chi connectivity index (χ1v) is 8.64. The second-order valence-corrected chi connectivity index (χ2v) is 7.45. The number of hydrogen-bond donors (Lipinski definition) is 1. The van der Waals surface area contributed by atoms with Crippen LogP contribution in [0.25, 0.3) is 0 Å². The summed E-state index contributed by atoms with van der Waals surface area (Å²) in [4.78, 5) is 15.1. The Morgan fingerprint density at radius 2 is 1.95 bits per heavy atom. The lowest BCUT2D eigenvalue weighted by molar-refractivity contribution is -0.136. The van der Waals surface area contributed by atoms with E-state index in [0.717, 1.165) is 25.9 Å². The molecule has 3 rings (SSSR count). The maximum atomic E-state index is 13.0. The molecule has 2 N–H and O–H groups in total. The van der Waals surface area contributed by atoms with Crippen LogP contribution < -0.4 is 5.73 Å². The van der Waals surface area contributed by atoms with Crippen molar-refractivity contribution >= 4 is 5.91 Å². The Hall–Kier alpha value is -1.35. The number of hydrogen-bond acceptors (Lipinski definition) is 2. The number of fused-ring (bicyclic) bond motifs is 1. The van der Waals surface area contributed by atoms with Gasteiger partial charge in [0.25, 0.3) is 0 Å². The lowest BCUT2D eigenvalue weighted by atomic mass is 9.88. The molecule has 0 spiro atoms. The van der Waals surface area contributed by atoms with Gasteiger partial charge in [0.2, 0.25) is 5.91 Å². The van der Waals surface area contributed by atoms with Gasteiger partial charge in [0, 0.05) is 25.0 Å². The SMILES string of the molecule is CC(C)C(Cc1ccccc1)C(=O)N1CC2CCC(N)C2C1. The number of amides is 1. The molecule has 3 heteroatoms. The summed E-state index contributed by atoms with van der Waals surface area (Å²) in [5.74, 6) is 1.96. The number of rotatable bonds is 4. The fourth-order valence-electron chi connectivity index (χ4n) is 4.20. The summed E-state index contributed by atoms with van der Waals surface area (Å²) in [6, 6.07) is 10.7. The monoisotopic (exact) mass is 300 g/mol. The molecular weight excluding hydrogens is 272 g/mol. The molecule has 3 nitrogen and oxygen atoms in total. The Labute approximate surface area is 133 Å². The van der Waals surface area contributed by atoms with Gasteiger partial charge in [-0.15, -0.1) is 0 Å². The Bertz CT molecular complexity index is 513. The van der Waals surface area contributed by atoms with Crippen molar-refractivity contribution in [1.29, 1.82) is 0 Å². The minimum atomic E-state index is 0.0810. The average Bonchev–Trinajstić information content (AvgIpc) is 3.07. The molecule has 1 aliphatic carbocycles. The minimum absolute atomic E-state index is 0.0810. The van der Waals surface area contributed by atoms with Gasteiger partial charge in [-0.25, -0.2) is 0 Å². The van der Waals surface area contributed by atoms with Crippen molar-refractivity contribution in [1.82, 2.24) is 4.90 Å². The van der Waals surface area contributed by atoms with Crippen molar-refractivity contribution in [2.45, 2.75) is 39.2 Å². The third-order valence-electron chi connectivity index (χ3n) is 5.64. The van der Waals surface area contributed by atoms with Gasteiger partial charge in [0.1, 0.15) is 0 Å². The molecule has 0 bridgehead atoms. The molecule has 1 saturated carbocycles. The highest BCUT2D eigenvalue weighted by atomic mass is 16.2. The zero-order chi connectivity index (χ0) is 15.7. The number of nitrogens with zero attached hydrogens (tertiary/aromatic N) is 1. The van der Waals surface area contributed by atoms with E-state index in [2.05, 4.69) is 43.0 Å². The lowest BCUT2D eigenvalue weighted by Gasteiger charge is -2.27. The highest BCUT2D eigenvalue weighted by Gasteiger charge is 2.43. The second-order valence-electron chi connectivity index (χ2n) is 7.45. The van der Waals surface area contributed by atoms with Crippen LogP contribution in [0.2, 0.25) is 0 Å². The third kappa shape index (κ3) is 3.05. The van der Waals surface area contributed by atoms with Gasteiger partial charge in [-0.1, -0.05) is 44.2 Å². The molecule has 4 atom stereocenters. The van der Waals surface area contributed by atoms with Crippen LogP contribution in [-0.4, -0.2) is 29.9 Å². The summed E-state index contributed by atoms with van der Waals surface area (Å²) in [6.07, 6.45) is 3.17. The van der Waals surface area contributed by atoms with Gasteiger partial charge >= 0.3 is 0 Å². The summed E-state index contributed by atoms with van der Waals surface area (Å²) in [5, 5.41) is 0. The van der Waals surface area contributed by atoms with Crippen LogP contribution >= 0.6 is 0 Å². The third-order valence-corrected chi connectivity index (χ3v) is 5.64. The first-order chi connectivity index (χ1) is 10.6. The Morgan fingerprint density at radius 1 is 1.23 bits per heavy atom. The quantitative estimate of drug-likeness (QED) is 0.929. The normalized spacial score (nSPS) is 28.9. The predicted molar refractivity (Wildman–Crippen MR) is 89.2 cm³/mol. The average molecular weight is 300 g/mol. The van der Waals surface area contributed by atoms with Crippen LogP contribution in [0.1, 0.15) is 32.3 Å². The molecule has 1 aromatic carbocycles. The topological polar surface area (TPSA) is 46.3 Å². The molecule has 0 aromatic heterocycles. The Kier molecular flexibility index (Phi) is 4.53. The van der Waals surface area contributed by atoms with E-state index in [1.54, 1.807) is 0 Å². The van der Waals surface area contributed by atoms with Crippen molar-refractivity contribution in [3.63, 3.8) is 0 Å². The van der Waals surface area contributed by atoms with E-state index in [9.17, 15) is 4.79 Å². The van der Waals surface area contributed by atoms with E-state index in [0.29, 0.717) is 29.7 Å². The largest absolute Gasteiger partial charge is 0.342 e. The highest BCUT2D eigenvalue weighted by Crippen LogP contribution is 2.38. The zero-order valence-corrected chi connectivity index (χ0v) is 13.7. The van der Waals surface area contributed by atoms with Gasteiger partial charge < -0.3 is 10.6 Å². The first kappa shape index (κ1) is 15.5. The van der Waals surface area contributed by atoms with Crippen LogP contribution in [0.3, 0.4) is 0 Å². The van der Waals surface area contributed by atoms with E-state index >= 15 is 0 Å². The first-order valence-electron chi connectivity index (χ1n) is 8.64. The number of likely N-dealkylation sites (tertiary alicyclic amines) is 1. The summed E-state index contributed by atoms with van der Waals surface area (Å²) >= 11 is 0. The number of carbonyl (C=O) groups is 1. The fourth-order valence-corrected chi connectivity index (χ4v) is 4.20. The molecule has 1 aromatic rings.